The highest BCUT2D eigenvalue weighted by Gasteiger charge is 2.39. The third kappa shape index (κ3) is 4.27. The molecule has 1 N–H and O–H groups in total. The number of para-hydroxylation sites is 1. The Morgan fingerprint density at radius 2 is 1.88 bits per heavy atom. The van der Waals surface area contributed by atoms with Gasteiger partial charge in [-0.1, -0.05) is 30.3 Å². The van der Waals surface area contributed by atoms with E-state index in [1.54, 1.807) is 12.1 Å². The van der Waals surface area contributed by atoms with Gasteiger partial charge in [-0.3, -0.25) is 14.4 Å². The molecule has 1 aliphatic carbocycles. The van der Waals surface area contributed by atoms with E-state index >= 15 is 0 Å². The molecule has 3 heterocycles. The molecule has 172 valence electrons. The Morgan fingerprint density at radius 3 is 2.64 bits per heavy atom. The molecule has 2 saturated heterocycles. The number of fused-ring (bicyclic) bond motifs is 3. The van der Waals surface area contributed by atoms with Gasteiger partial charge in [0.25, 0.3) is 5.91 Å². The lowest BCUT2D eigenvalue weighted by molar-refractivity contribution is -0.0843. The topological polar surface area (TPSA) is 59.4 Å². The predicted molar refractivity (Wildman–Crippen MR) is 123 cm³/mol. The number of rotatable bonds is 6. The minimum Gasteiger partial charge on any atom is -0.378 e. The van der Waals surface area contributed by atoms with E-state index in [0.29, 0.717) is 31.4 Å². The molecule has 3 fully saturated rings. The van der Waals surface area contributed by atoms with Crippen LogP contribution in [0.5, 0.6) is 0 Å². The molecule has 2 aromatic carbocycles. The highest BCUT2D eigenvalue weighted by molar-refractivity contribution is 6.05. The van der Waals surface area contributed by atoms with Gasteiger partial charge in [-0.25, -0.2) is 4.39 Å². The highest BCUT2D eigenvalue weighted by atomic mass is 19.1. The third-order valence-corrected chi connectivity index (χ3v) is 7.26. The van der Waals surface area contributed by atoms with Crippen molar-refractivity contribution in [3.8, 4) is 0 Å². The number of piperidine rings is 1. The van der Waals surface area contributed by atoms with Crippen molar-refractivity contribution in [2.75, 3.05) is 13.2 Å². The summed E-state index contributed by atoms with van der Waals surface area (Å²) in [6.45, 7) is 2.86. The molecule has 0 radical (unpaired) electrons. The average Bonchev–Trinajstić information content (AvgIpc) is 3.54. The second-order valence-electron chi connectivity index (χ2n) is 9.78. The van der Waals surface area contributed by atoms with E-state index in [2.05, 4.69) is 10.2 Å². The van der Waals surface area contributed by atoms with Crippen molar-refractivity contribution in [3.05, 3.63) is 65.6 Å². The lowest BCUT2D eigenvalue weighted by Gasteiger charge is -2.48. The highest BCUT2D eigenvalue weighted by Crippen LogP contribution is 2.33. The van der Waals surface area contributed by atoms with E-state index in [9.17, 15) is 9.18 Å². The lowest BCUT2D eigenvalue weighted by atomic mass is 9.89. The lowest BCUT2D eigenvalue weighted by Crippen LogP contribution is -2.60. The van der Waals surface area contributed by atoms with Crippen LogP contribution in [0.15, 0.2) is 48.5 Å². The molecule has 0 spiro atoms. The van der Waals surface area contributed by atoms with Crippen molar-refractivity contribution < 1.29 is 13.9 Å². The molecule has 3 atom stereocenters. The van der Waals surface area contributed by atoms with Gasteiger partial charge >= 0.3 is 0 Å². The van der Waals surface area contributed by atoms with Crippen LogP contribution in [-0.4, -0.2) is 51.9 Å². The Bertz CT molecular complexity index is 1160. The summed E-state index contributed by atoms with van der Waals surface area (Å²) in [7, 11) is 0. The van der Waals surface area contributed by atoms with Crippen molar-refractivity contribution in [3.63, 3.8) is 0 Å². The van der Waals surface area contributed by atoms with E-state index in [1.807, 2.05) is 35.0 Å². The van der Waals surface area contributed by atoms with Crippen molar-refractivity contribution in [1.29, 1.82) is 0 Å². The molecule has 3 aromatic rings. The summed E-state index contributed by atoms with van der Waals surface area (Å²) in [5.74, 6) is 0.388. The number of carbonyl (C=O) groups excluding carboxylic acids is 1. The van der Waals surface area contributed by atoms with Gasteiger partial charge < -0.3 is 10.1 Å². The van der Waals surface area contributed by atoms with Crippen LogP contribution in [0.3, 0.4) is 0 Å². The van der Waals surface area contributed by atoms with E-state index in [0.717, 1.165) is 35.9 Å². The summed E-state index contributed by atoms with van der Waals surface area (Å²) < 4.78 is 21.5. The summed E-state index contributed by atoms with van der Waals surface area (Å²) in [6, 6.07) is 15.3. The zero-order valence-electron chi connectivity index (χ0n) is 18.6. The van der Waals surface area contributed by atoms with Crippen LogP contribution >= 0.6 is 0 Å². The zero-order valence-corrected chi connectivity index (χ0v) is 18.6. The van der Waals surface area contributed by atoms with Crippen LogP contribution in [-0.2, 0) is 17.8 Å². The Kier molecular flexibility index (Phi) is 5.38. The van der Waals surface area contributed by atoms with Crippen molar-refractivity contribution in [2.24, 2.45) is 5.92 Å². The molecule has 1 aromatic heterocycles. The molecule has 7 heteroatoms. The van der Waals surface area contributed by atoms with Crippen molar-refractivity contribution >= 4 is 16.8 Å². The molecular formula is C26H29FN4O2. The first kappa shape index (κ1) is 20.8. The van der Waals surface area contributed by atoms with Gasteiger partial charge in [-0.05, 0) is 55.4 Å². The van der Waals surface area contributed by atoms with Crippen LogP contribution in [0.4, 0.5) is 4.39 Å². The van der Waals surface area contributed by atoms with Gasteiger partial charge in [0, 0.05) is 36.6 Å². The maximum atomic E-state index is 13.7. The number of carbonyl (C=O) groups is 1. The van der Waals surface area contributed by atoms with Gasteiger partial charge in [0.05, 0.1) is 18.7 Å². The number of hydrogen-bond acceptors (Lipinski definition) is 4. The molecule has 6 nitrogen and oxygen atoms in total. The summed E-state index contributed by atoms with van der Waals surface area (Å²) in [5, 5.41) is 8.91. The first-order chi connectivity index (χ1) is 16.1. The molecule has 1 amide bonds. The van der Waals surface area contributed by atoms with E-state index in [-0.39, 0.29) is 29.8 Å². The predicted octanol–water partition coefficient (Wildman–Crippen LogP) is 3.75. The maximum Gasteiger partial charge on any atom is 0.272 e. The fourth-order valence-electron chi connectivity index (χ4n) is 5.44. The van der Waals surface area contributed by atoms with Crippen LogP contribution < -0.4 is 5.32 Å². The van der Waals surface area contributed by atoms with Gasteiger partial charge in [-0.2, -0.15) is 5.10 Å². The number of halogens is 1. The number of aromatic nitrogens is 2. The second kappa shape index (κ2) is 8.54. The average molecular weight is 449 g/mol. The van der Waals surface area contributed by atoms with Crippen LogP contribution in [0.2, 0.25) is 0 Å². The fraction of sp³-hybridized carbons (Fsp3) is 0.462. The fourth-order valence-corrected chi connectivity index (χ4v) is 5.44. The van der Waals surface area contributed by atoms with Crippen molar-refractivity contribution in [2.45, 2.75) is 56.9 Å². The molecule has 33 heavy (non-hydrogen) atoms. The smallest absolute Gasteiger partial charge is 0.272 e. The SMILES string of the molecule is O=C(NC1C[C@H]2COC[C@@H](C1)N2Cc1cccc(F)c1)c1nn(CC2CC2)c2ccccc12. The summed E-state index contributed by atoms with van der Waals surface area (Å²) in [5.41, 5.74) is 2.53. The van der Waals surface area contributed by atoms with Crippen LogP contribution in [0, 0.1) is 11.7 Å². The molecular weight excluding hydrogens is 419 g/mol. The Hall–Kier alpha value is -2.77. The molecule has 6 rings (SSSR count). The van der Waals surface area contributed by atoms with Gasteiger partial charge in [0.2, 0.25) is 0 Å². The molecule has 2 aliphatic heterocycles. The quantitative estimate of drug-likeness (QED) is 0.624. The number of nitrogens with one attached hydrogen (secondary N) is 1. The van der Waals surface area contributed by atoms with Crippen LogP contribution in [0.1, 0.15) is 41.7 Å². The number of morpholine rings is 1. The number of nitrogens with zero attached hydrogens (tertiary/aromatic N) is 3. The summed E-state index contributed by atoms with van der Waals surface area (Å²) >= 11 is 0. The summed E-state index contributed by atoms with van der Waals surface area (Å²) in [4.78, 5) is 15.7. The number of ether oxygens (including phenoxy) is 1. The molecule has 2 bridgehead atoms. The van der Waals surface area contributed by atoms with Crippen molar-refractivity contribution in [1.82, 2.24) is 20.0 Å². The number of benzene rings is 2. The molecule has 1 saturated carbocycles. The Labute approximate surface area is 192 Å². The standard InChI is InChI=1S/C26H29FN4O2/c27-19-5-3-4-18(10-19)13-30-21-11-20(12-22(30)16-33-15-21)28-26(32)25-23-6-1-2-7-24(23)31(29-25)14-17-8-9-17/h1-7,10,17,20-22H,8-9,11-16H2,(H,28,32)/t20?,21-,22+. The largest absolute Gasteiger partial charge is 0.378 e. The number of amides is 1. The first-order valence-electron chi connectivity index (χ1n) is 12.0. The monoisotopic (exact) mass is 448 g/mol. The van der Waals surface area contributed by atoms with E-state index in [1.165, 1.54) is 18.9 Å². The van der Waals surface area contributed by atoms with Gasteiger partial charge in [-0.15, -0.1) is 0 Å². The Balaban J connectivity index is 1.17. The number of hydrogen-bond donors (Lipinski definition) is 1. The second-order valence-corrected chi connectivity index (χ2v) is 9.78. The summed E-state index contributed by atoms with van der Waals surface area (Å²) in [6.07, 6.45) is 4.13. The van der Waals surface area contributed by atoms with E-state index in [4.69, 9.17) is 9.84 Å². The minimum absolute atomic E-state index is 0.0764. The zero-order chi connectivity index (χ0) is 22.4. The minimum atomic E-state index is -0.204. The normalized spacial score (nSPS) is 25.3. The Morgan fingerprint density at radius 1 is 1.09 bits per heavy atom. The molecule has 3 aliphatic rings. The third-order valence-electron chi connectivity index (χ3n) is 7.26. The first-order valence-corrected chi connectivity index (χ1v) is 12.0. The maximum absolute atomic E-state index is 13.7. The molecule has 1 unspecified atom stereocenters. The van der Waals surface area contributed by atoms with Crippen LogP contribution in [0.25, 0.3) is 10.9 Å². The van der Waals surface area contributed by atoms with E-state index < -0.39 is 0 Å². The van der Waals surface area contributed by atoms with Gasteiger partial charge in [0.15, 0.2) is 5.69 Å². The van der Waals surface area contributed by atoms with Gasteiger partial charge in [0.1, 0.15) is 5.82 Å².